The molecule has 0 amide bonds. The third-order valence-corrected chi connectivity index (χ3v) is 3.86. The minimum absolute atomic E-state index is 0.695. The molecule has 2 heterocycles. The Morgan fingerprint density at radius 3 is 2.43 bits per heavy atom. The number of piperidine rings is 1. The largest absolute Gasteiger partial charge is 0.338 e. The van der Waals surface area contributed by atoms with E-state index >= 15 is 0 Å². The van der Waals surface area contributed by atoms with Crippen molar-refractivity contribution in [1.29, 1.82) is 0 Å². The number of aromatic amines is 1. The lowest BCUT2D eigenvalue weighted by atomic mass is 9.63. The average molecular weight is 193 g/mol. The first-order valence-electron chi connectivity index (χ1n) is 5.36. The molecule has 5 nitrogen and oxygen atoms in total. The van der Waals surface area contributed by atoms with Crippen LogP contribution in [-0.4, -0.2) is 33.7 Å². The van der Waals surface area contributed by atoms with Crippen molar-refractivity contribution in [3.05, 3.63) is 0 Å². The number of anilines is 1. The minimum Gasteiger partial charge on any atom is -0.338 e. The van der Waals surface area contributed by atoms with E-state index in [-0.39, 0.29) is 0 Å². The van der Waals surface area contributed by atoms with E-state index in [9.17, 15) is 0 Å². The lowest BCUT2D eigenvalue weighted by Gasteiger charge is -2.47. The predicted octanol–water partition coefficient (Wildman–Crippen LogP) is 0.970. The monoisotopic (exact) mass is 193 g/mol. The summed E-state index contributed by atoms with van der Waals surface area (Å²) < 4.78 is 0. The van der Waals surface area contributed by atoms with Gasteiger partial charge in [-0.05, 0) is 36.3 Å². The maximum absolute atomic E-state index is 4.01. The number of nitrogens with one attached hydrogen (secondary N) is 1. The van der Waals surface area contributed by atoms with Gasteiger partial charge in [-0.3, -0.25) is 0 Å². The Kier molecular flexibility index (Phi) is 1.72. The average Bonchev–Trinajstić information content (AvgIpc) is 2.68. The molecule has 1 saturated heterocycles. The van der Waals surface area contributed by atoms with Crippen LogP contribution in [-0.2, 0) is 0 Å². The van der Waals surface area contributed by atoms with Crippen LogP contribution in [0, 0.1) is 5.41 Å². The number of aromatic nitrogens is 4. The van der Waals surface area contributed by atoms with E-state index in [1.165, 1.54) is 32.1 Å². The molecule has 0 aromatic carbocycles. The van der Waals surface area contributed by atoms with E-state index in [0.717, 1.165) is 19.0 Å². The highest BCUT2D eigenvalue weighted by Gasteiger charge is 2.39. The Morgan fingerprint density at radius 2 is 1.93 bits per heavy atom. The molecule has 0 radical (unpaired) electrons. The number of hydrogen-bond donors (Lipinski definition) is 1. The second-order valence-corrected chi connectivity index (χ2v) is 4.55. The Balaban J connectivity index is 1.65. The van der Waals surface area contributed by atoms with Gasteiger partial charge < -0.3 is 4.90 Å². The van der Waals surface area contributed by atoms with Crippen molar-refractivity contribution in [3.8, 4) is 0 Å². The number of hydrogen-bond acceptors (Lipinski definition) is 4. The van der Waals surface area contributed by atoms with Gasteiger partial charge in [-0.1, -0.05) is 11.5 Å². The third kappa shape index (κ3) is 1.19. The maximum Gasteiger partial charge on any atom is 0.265 e. The van der Waals surface area contributed by atoms with Crippen molar-refractivity contribution >= 4 is 5.95 Å². The maximum atomic E-state index is 4.01. The molecule has 1 aromatic rings. The molecule has 1 N–H and O–H groups in total. The molecule has 1 saturated carbocycles. The van der Waals surface area contributed by atoms with E-state index in [0.29, 0.717) is 5.41 Å². The third-order valence-electron chi connectivity index (χ3n) is 3.86. The van der Waals surface area contributed by atoms with Crippen LogP contribution in [0.4, 0.5) is 5.95 Å². The SMILES string of the molecule is C1CC2(C1)CCN(c1nn[nH]n1)CC2. The summed E-state index contributed by atoms with van der Waals surface area (Å²) in [7, 11) is 0. The van der Waals surface area contributed by atoms with Gasteiger partial charge in [-0.15, -0.1) is 5.10 Å². The van der Waals surface area contributed by atoms with Crippen molar-refractivity contribution in [2.24, 2.45) is 5.41 Å². The first-order chi connectivity index (χ1) is 6.88. The van der Waals surface area contributed by atoms with Crippen molar-refractivity contribution in [2.45, 2.75) is 32.1 Å². The fourth-order valence-corrected chi connectivity index (χ4v) is 2.65. The van der Waals surface area contributed by atoms with Gasteiger partial charge in [0.15, 0.2) is 0 Å². The summed E-state index contributed by atoms with van der Waals surface area (Å²) in [6.45, 7) is 2.19. The highest BCUT2D eigenvalue weighted by molar-refractivity contribution is 5.27. The molecule has 1 aliphatic carbocycles. The van der Waals surface area contributed by atoms with Crippen LogP contribution >= 0.6 is 0 Å². The van der Waals surface area contributed by atoms with Gasteiger partial charge >= 0.3 is 0 Å². The summed E-state index contributed by atoms with van der Waals surface area (Å²) in [5.41, 5.74) is 0.695. The van der Waals surface area contributed by atoms with Gasteiger partial charge in [0.2, 0.25) is 0 Å². The fraction of sp³-hybridized carbons (Fsp3) is 0.889. The Hall–Kier alpha value is -1.13. The molecular weight excluding hydrogens is 178 g/mol. The number of tetrazole rings is 1. The van der Waals surface area contributed by atoms with Crippen LogP contribution in [0.15, 0.2) is 0 Å². The second kappa shape index (κ2) is 2.93. The summed E-state index contributed by atoms with van der Waals surface area (Å²) in [6.07, 6.45) is 6.92. The summed E-state index contributed by atoms with van der Waals surface area (Å²) in [5.74, 6) is 0.763. The highest BCUT2D eigenvalue weighted by Crippen LogP contribution is 2.48. The first-order valence-corrected chi connectivity index (χ1v) is 5.36. The summed E-state index contributed by atoms with van der Waals surface area (Å²) in [6, 6.07) is 0. The smallest absolute Gasteiger partial charge is 0.265 e. The molecule has 1 aliphatic heterocycles. The van der Waals surface area contributed by atoms with Gasteiger partial charge in [0.05, 0.1) is 0 Å². The van der Waals surface area contributed by atoms with Gasteiger partial charge in [0, 0.05) is 13.1 Å². The molecule has 0 bridgehead atoms. The van der Waals surface area contributed by atoms with Crippen LogP contribution in [0.2, 0.25) is 0 Å². The molecule has 3 rings (SSSR count). The van der Waals surface area contributed by atoms with Gasteiger partial charge in [0.25, 0.3) is 5.95 Å². The second-order valence-electron chi connectivity index (χ2n) is 4.55. The van der Waals surface area contributed by atoms with Gasteiger partial charge in [-0.25, -0.2) is 0 Å². The van der Waals surface area contributed by atoms with Gasteiger partial charge in [-0.2, -0.15) is 5.21 Å². The van der Waals surface area contributed by atoms with Crippen molar-refractivity contribution in [2.75, 3.05) is 18.0 Å². The molecule has 1 aromatic heterocycles. The minimum atomic E-state index is 0.695. The summed E-state index contributed by atoms with van der Waals surface area (Å²) in [5, 5.41) is 14.1. The number of rotatable bonds is 1. The van der Waals surface area contributed by atoms with E-state index in [1.807, 2.05) is 0 Å². The standard InChI is InChI=1S/C9H15N5/c1-2-9(3-1)4-6-14(7-5-9)8-10-12-13-11-8/h1-7H2,(H,10,11,12,13). The van der Waals surface area contributed by atoms with Crippen LogP contribution in [0.3, 0.4) is 0 Å². The van der Waals surface area contributed by atoms with E-state index in [4.69, 9.17) is 0 Å². The zero-order valence-electron chi connectivity index (χ0n) is 8.24. The Bertz CT molecular complexity index is 293. The molecule has 1 spiro atoms. The summed E-state index contributed by atoms with van der Waals surface area (Å²) >= 11 is 0. The predicted molar refractivity (Wildman–Crippen MR) is 51.9 cm³/mol. The lowest BCUT2D eigenvalue weighted by molar-refractivity contribution is 0.0950. The topological polar surface area (TPSA) is 57.7 Å². The van der Waals surface area contributed by atoms with Crippen LogP contribution in [0.1, 0.15) is 32.1 Å². The number of H-pyrrole nitrogens is 1. The number of nitrogens with zero attached hydrogens (tertiary/aromatic N) is 4. The zero-order chi connectivity index (χ0) is 9.43. The van der Waals surface area contributed by atoms with E-state index in [2.05, 4.69) is 25.5 Å². The molecule has 2 fully saturated rings. The quantitative estimate of drug-likeness (QED) is 0.722. The molecular formula is C9H15N5. The molecule has 14 heavy (non-hydrogen) atoms. The van der Waals surface area contributed by atoms with Crippen molar-refractivity contribution < 1.29 is 0 Å². The van der Waals surface area contributed by atoms with Gasteiger partial charge in [0.1, 0.15) is 0 Å². The lowest BCUT2D eigenvalue weighted by Crippen LogP contribution is -2.44. The summed E-state index contributed by atoms with van der Waals surface area (Å²) in [4.78, 5) is 2.23. The first kappa shape index (κ1) is 8.20. The normalized spacial score (nSPS) is 25.0. The highest BCUT2D eigenvalue weighted by atomic mass is 15.5. The van der Waals surface area contributed by atoms with Crippen molar-refractivity contribution in [3.63, 3.8) is 0 Å². The van der Waals surface area contributed by atoms with Crippen LogP contribution in [0.5, 0.6) is 0 Å². The fourth-order valence-electron chi connectivity index (χ4n) is 2.65. The molecule has 0 atom stereocenters. The molecule has 0 unspecified atom stereocenters. The Morgan fingerprint density at radius 1 is 1.14 bits per heavy atom. The molecule has 2 aliphatic rings. The Labute approximate surface area is 82.9 Å². The molecule has 76 valence electrons. The van der Waals surface area contributed by atoms with E-state index < -0.39 is 0 Å². The van der Waals surface area contributed by atoms with E-state index in [1.54, 1.807) is 0 Å². The van der Waals surface area contributed by atoms with Crippen LogP contribution < -0.4 is 4.90 Å². The van der Waals surface area contributed by atoms with Crippen LogP contribution in [0.25, 0.3) is 0 Å². The van der Waals surface area contributed by atoms with Crippen molar-refractivity contribution in [1.82, 2.24) is 20.6 Å². The molecule has 5 heteroatoms. The zero-order valence-corrected chi connectivity index (χ0v) is 8.24.